The average Bonchev–Trinajstić information content (AvgIpc) is 2.22. The first-order chi connectivity index (χ1) is 6.30. The summed E-state index contributed by atoms with van der Waals surface area (Å²) < 4.78 is 0. The number of rotatable bonds is 0. The Bertz CT molecular complexity index is 289. The van der Waals surface area contributed by atoms with Crippen molar-refractivity contribution in [2.24, 2.45) is 11.8 Å². The molecule has 0 bridgehead atoms. The lowest BCUT2D eigenvalue weighted by atomic mass is 9.79. The van der Waals surface area contributed by atoms with Gasteiger partial charge in [0.05, 0.1) is 35.1 Å². The summed E-state index contributed by atoms with van der Waals surface area (Å²) in [4.78, 5) is 0. The molecule has 0 saturated carbocycles. The fourth-order valence-electron chi connectivity index (χ4n) is 2.28. The predicted octanol–water partition coefficient (Wildman–Crippen LogP) is 1.48. The van der Waals surface area contributed by atoms with Gasteiger partial charge in [-0.15, -0.1) is 10.3 Å². The predicted molar refractivity (Wildman–Crippen MR) is 48.9 cm³/mol. The van der Waals surface area contributed by atoms with Gasteiger partial charge in [0.2, 0.25) is 0 Å². The Balaban J connectivity index is 3.24. The van der Waals surface area contributed by atoms with Crippen molar-refractivity contribution >= 4 is 0 Å². The molecule has 0 aromatic heterocycles. The number of hydroxylamine groups is 2. The standard InChI is InChI=1S/C10H14N3O/c1-9(2)7(5-11)8(6-12)10(3,4)13(9)14/h7-8H,1-4H3. The molecule has 14 heavy (non-hydrogen) atoms. The molecule has 0 N–H and O–H groups in total. The molecule has 4 heteroatoms. The second kappa shape index (κ2) is 2.95. The third-order valence-electron chi connectivity index (χ3n) is 3.18. The van der Waals surface area contributed by atoms with Gasteiger partial charge in [-0.1, -0.05) is 0 Å². The van der Waals surface area contributed by atoms with E-state index in [1.807, 2.05) is 0 Å². The van der Waals surface area contributed by atoms with E-state index < -0.39 is 22.9 Å². The first-order valence-electron chi connectivity index (χ1n) is 4.57. The van der Waals surface area contributed by atoms with Gasteiger partial charge >= 0.3 is 0 Å². The van der Waals surface area contributed by atoms with Gasteiger partial charge in [0, 0.05) is 0 Å². The maximum absolute atomic E-state index is 11.9. The van der Waals surface area contributed by atoms with Crippen LogP contribution in [-0.2, 0) is 5.21 Å². The fourth-order valence-corrected chi connectivity index (χ4v) is 2.28. The van der Waals surface area contributed by atoms with E-state index >= 15 is 0 Å². The summed E-state index contributed by atoms with van der Waals surface area (Å²) in [6.07, 6.45) is 0. The molecule has 0 aromatic carbocycles. The second-order valence-electron chi connectivity index (χ2n) is 4.82. The molecule has 2 unspecified atom stereocenters. The molecule has 1 aliphatic rings. The third kappa shape index (κ3) is 1.12. The zero-order valence-electron chi connectivity index (χ0n) is 8.90. The molecule has 0 spiro atoms. The highest BCUT2D eigenvalue weighted by molar-refractivity contribution is 5.20. The van der Waals surface area contributed by atoms with E-state index in [0.29, 0.717) is 0 Å². The highest BCUT2D eigenvalue weighted by Crippen LogP contribution is 2.47. The highest BCUT2D eigenvalue weighted by Gasteiger charge is 2.60. The molecule has 0 aliphatic carbocycles. The molecule has 1 aliphatic heterocycles. The topological polar surface area (TPSA) is 70.7 Å². The maximum atomic E-state index is 11.9. The minimum absolute atomic E-state index is 0.528. The zero-order valence-corrected chi connectivity index (χ0v) is 8.90. The van der Waals surface area contributed by atoms with Crippen molar-refractivity contribution in [1.29, 1.82) is 10.5 Å². The molecular formula is C10H14N3O. The summed E-state index contributed by atoms with van der Waals surface area (Å²) in [7, 11) is 0. The third-order valence-corrected chi connectivity index (χ3v) is 3.18. The molecule has 1 fully saturated rings. The van der Waals surface area contributed by atoms with Gasteiger partial charge in [-0.3, -0.25) is 0 Å². The molecule has 0 aromatic rings. The largest absolute Gasteiger partial charge is 0.198 e. The Labute approximate surface area is 84.3 Å². The van der Waals surface area contributed by atoms with Crippen LogP contribution in [0.4, 0.5) is 0 Å². The van der Waals surface area contributed by atoms with Crippen LogP contribution in [0.2, 0.25) is 0 Å². The monoisotopic (exact) mass is 192 g/mol. The van der Waals surface area contributed by atoms with E-state index in [9.17, 15) is 5.21 Å². The van der Waals surface area contributed by atoms with Crippen molar-refractivity contribution in [2.75, 3.05) is 0 Å². The van der Waals surface area contributed by atoms with E-state index in [1.54, 1.807) is 27.7 Å². The molecular weight excluding hydrogens is 178 g/mol. The van der Waals surface area contributed by atoms with Crippen LogP contribution in [0.5, 0.6) is 0 Å². The van der Waals surface area contributed by atoms with Gasteiger partial charge in [-0.05, 0) is 27.7 Å². The molecule has 2 atom stereocenters. The molecule has 0 amide bonds. The van der Waals surface area contributed by atoms with Gasteiger partial charge in [0.25, 0.3) is 0 Å². The SMILES string of the molecule is CC1(C)C(C#N)C(C#N)C(C)(C)N1[O]. The first-order valence-corrected chi connectivity index (χ1v) is 4.57. The average molecular weight is 192 g/mol. The number of hydrogen-bond donors (Lipinski definition) is 0. The van der Waals surface area contributed by atoms with Crippen molar-refractivity contribution in [2.45, 2.75) is 38.8 Å². The van der Waals surface area contributed by atoms with Crippen LogP contribution >= 0.6 is 0 Å². The van der Waals surface area contributed by atoms with E-state index in [2.05, 4.69) is 12.1 Å². The van der Waals surface area contributed by atoms with Gasteiger partial charge in [-0.25, -0.2) is 0 Å². The summed E-state index contributed by atoms with van der Waals surface area (Å²) in [6, 6.07) is 4.15. The Morgan fingerprint density at radius 2 is 1.29 bits per heavy atom. The Morgan fingerprint density at radius 1 is 1.00 bits per heavy atom. The summed E-state index contributed by atoms with van der Waals surface area (Å²) in [5, 5.41) is 30.8. The molecule has 1 saturated heterocycles. The van der Waals surface area contributed by atoms with Crippen molar-refractivity contribution in [3.05, 3.63) is 0 Å². The number of nitrogens with zero attached hydrogens (tertiary/aromatic N) is 3. The van der Waals surface area contributed by atoms with Crippen molar-refractivity contribution in [1.82, 2.24) is 5.06 Å². The summed E-state index contributed by atoms with van der Waals surface area (Å²) in [6.45, 7) is 6.86. The van der Waals surface area contributed by atoms with Crippen molar-refractivity contribution < 1.29 is 5.21 Å². The van der Waals surface area contributed by atoms with Crippen LogP contribution < -0.4 is 0 Å². The summed E-state index contributed by atoms with van der Waals surface area (Å²) in [5.41, 5.74) is -1.56. The van der Waals surface area contributed by atoms with E-state index in [0.717, 1.165) is 5.06 Å². The minimum Gasteiger partial charge on any atom is -0.198 e. The van der Waals surface area contributed by atoms with Gasteiger partial charge in [-0.2, -0.15) is 10.5 Å². The van der Waals surface area contributed by atoms with Crippen LogP contribution in [0.15, 0.2) is 0 Å². The second-order valence-corrected chi connectivity index (χ2v) is 4.82. The lowest BCUT2D eigenvalue weighted by Gasteiger charge is -2.32. The maximum Gasteiger partial charge on any atom is 0.0842 e. The van der Waals surface area contributed by atoms with E-state index in [4.69, 9.17) is 10.5 Å². The lowest BCUT2D eigenvalue weighted by Crippen LogP contribution is -2.46. The van der Waals surface area contributed by atoms with Crippen LogP contribution in [0.1, 0.15) is 27.7 Å². The Hall–Kier alpha value is -1.10. The number of nitriles is 2. The molecule has 1 rings (SSSR count). The van der Waals surface area contributed by atoms with Crippen LogP contribution in [0.3, 0.4) is 0 Å². The zero-order chi connectivity index (χ0) is 11.1. The normalized spacial score (nSPS) is 34.8. The minimum atomic E-state index is -0.779. The quantitative estimate of drug-likeness (QED) is 0.583. The van der Waals surface area contributed by atoms with Crippen LogP contribution in [-0.4, -0.2) is 16.1 Å². The van der Waals surface area contributed by atoms with Crippen molar-refractivity contribution in [3.8, 4) is 12.1 Å². The fraction of sp³-hybridized carbons (Fsp3) is 0.800. The van der Waals surface area contributed by atoms with E-state index in [1.165, 1.54) is 0 Å². The van der Waals surface area contributed by atoms with Crippen LogP contribution in [0.25, 0.3) is 0 Å². The number of hydrogen-bond acceptors (Lipinski definition) is 3. The summed E-state index contributed by atoms with van der Waals surface area (Å²) in [5.74, 6) is -1.06. The van der Waals surface area contributed by atoms with Crippen LogP contribution in [0, 0.1) is 34.5 Å². The lowest BCUT2D eigenvalue weighted by molar-refractivity contribution is -0.248. The Kier molecular flexibility index (Phi) is 2.31. The smallest absolute Gasteiger partial charge is 0.0842 e. The highest BCUT2D eigenvalue weighted by atomic mass is 16.5. The summed E-state index contributed by atoms with van der Waals surface area (Å²) >= 11 is 0. The van der Waals surface area contributed by atoms with Gasteiger partial charge in [0.1, 0.15) is 0 Å². The van der Waals surface area contributed by atoms with Crippen molar-refractivity contribution in [3.63, 3.8) is 0 Å². The van der Waals surface area contributed by atoms with E-state index in [-0.39, 0.29) is 0 Å². The molecule has 75 valence electrons. The molecule has 1 radical (unpaired) electrons. The first kappa shape index (κ1) is 11.0. The molecule has 4 nitrogen and oxygen atoms in total. The van der Waals surface area contributed by atoms with Gasteiger partial charge < -0.3 is 0 Å². The van der Waals surface area contributed by atoms with Gasteiger partial charge in [0.15, 0.2) is 0 Å². The Morgan fingerprint density at radius 3 is 1.50 bits per heavy atom. The molecule has 1 heterocycles.